The number of nitrogens with one attached hydrogen (secondary N) is 2. The van der Waals surface area contributed by atoms with Gasteiger partial charge in [-0.1, -0.05) is 0 Å². The summed E-state index contributed by atoms with van der Waals surface area (Å²) in [5.41, 5.74) is 1.15. The molecule has 1 aliphatic heterocycles. The van der Waals surface area contributed by atoms with E-state index in [1.807, 2.05) is 30.1 Å². The number of piperidine rings is 1. The molecule has 0 saturated carbocycles. The first-order valence-electron chi connectivity index (χ1n) is 5.85. The average molecular weight is 221 g/mol. The first-order chi connectivity index (χ1) is 7.75. The number of carbonyl (C=O) groups is 1. The second-order valence-electron chi connectivity index (χ2n) is 4.45. The third-order valence-electron chi connectivity index (χ3n) is 3.03. The predicted molar refractivity (Wildman–Crippen MR) is 62.9 cm³/mol. The van der Waals surface area contributed by atoms with Gasteiger partial charge in [0.25, 0.3) is 0 Å². The molecule has 0 aromatic carbocycles. The SMILES string of the molecule is Cn1ccc(CNC(=O)[C@H]2CCCNC2)c1. The quantitative estimate of drug-likeness (QED) is 0.787. The first kappa shape index (κ1) is 11.2. The fourth-order valence-electron chi connectivity index (χ4n) is 2.07. The number of amides is 1. The zero-order valence-electron chi connectivity index (χ0n) is 9.70. The molecule has 4 nitrogen and oxygen atoms in total. The van der Waals surface area contributed by atoms with Crippen LogP contribution in [-0.4, -0.2) is 23.6 Å². The fraction of sp³-hybridized carbons (Fsp3) is 0.583. The van der Waals surface area contributed by atoms with Crippen molar-refractivity contribution in [3.8, 4) is 0 Å². The second-order valence-corrected chi connectivity index (χ2v) is 4.45. The Morgan fingerprint density at radius 3 is 3.19 bits per heavy atom. The lowest BCUT2D eigenvalue weighted by molar-refractivity contribution is -0.125. The summed E-state index contributed by atoms with van der Waals surface area (Å²) in [5, 5.41) is 6.24. The molecule has 2 rings (SSSR count). The summed E-state index contributed by atoms with van der Waals surface area (Å²) in [6, 6.07) is 2.03. The van der Waals surface area contributed by atoms with Crippen molar-refractivity contribution in [1.29, 1.82) is 0 Å². The Hall–Kier alpha value is -1.29. The van der Waals surface area contributed by atoms with Crippen LogP contribution in [0.15, 0.2) is 18.5 Å². The standard InChI is InChI=1S/C12H19N3O/c1-15-6-4-10(9-15)7-14-12(16)11-3-2-5-13-8-11/h4,6,9,11,13H,2-3,5,7-8H2,1H3,(H,14,16)/t11-/m0/s1. The van der Waals surface area contributed by atoms with Gasteiger partial charge in [-0.2, -0.15) is 0 Å². The summed E-state index contributed by atoms with van der Waals surface area (Å²) in [4.78, 5) is 11.8. The summed E-state index contributed by atoms with van der Waals surface area (Å²) in [7, 11) is 1.98. The lowest BCUT2D eigenvalue weighted by atomic mass is 9.99. The molecule has 0 spiro atoms. The molecule has 1 aromatic heterocycles. The highest BCUT2D eigenvalue weighted by molar-refractivity contribution is 5.78. The largest absolute Gasteiger partial charge is 0.357 e. The van der Waals surface area contributed by atoms with E-state index in [0.717, 1.165) is 31.5 Å². The molecular formula is C12H19N3O. The second kappa shape index (κ2) is 5.16. The maximum atomic E-state index is 11.8. The van der Waals surface area contributed by atoms with Crippen molar-refractivity contribution in [1.82, 2.24) is 15.2 Å². The summed E-state index contributed by atoms with van der Waals surface area (Å²) in [6.45, 7) is 2.50. The van der Waals surface area contributed by atoms with Crippen molar-refractivity contribution in [2.24, 2.45) is 13.0 Å². The molecule has 0 unspecified atom stereocenters. The molecule has 2 heterocycles. The molecule has 1 aromatic rings. The van der Waals surface area contributed by atoms with E-state index in [2.05, 4.69) is 10.6 Å². The van der Waals surface area contributed by atoms with Gasteiger partial charge in [0.15, 0.2) is 0 Å². The van der Waals surface area contributed by atoms with E-state index in [1.165, 1.54) is 0 Å². The van der Waals surface area contributed by atoms with E-state index >= 15 is 0 Å². The summed E-state index contributed by atoms with van der Waals surface area (Å²) in [6.07, 6.45) is 6.13. The van der Waals surface area contributed by atoms with Crippen LogP contribution >= 0.6 is 0 Å². The minimum absolute atomic E-state index is 0.150. The van der Waals surface area contributed by atoms with Gasteiger partial charge < -0.3 is 15.2 Å². The van der Waals surface area contributed by atoms with Gasteiger partial charge in [0.1, 0.15) is 0 Å². The molecule has 1 saturated heterocycles. The Balaban J connectivity index is 1.78. The lowest BCUT2D eigenvalue weighted by Gasteiger charge is -2.21. The highest BCUT2D eigenvalue weighted by Crippen LogP contribution is 2.10. The molecule has 0 aliphatic carbocycles. The van der Waals surface area contributed by atoms with Gasteiger partial charge in [0, 0.05) is 32.5 Å². The molecule has 0 radical (unpaired) electrons. The molecule has 4 heteroatoms. The van der Waals surface area contributed by atoms with Crippen molar-refractivity contribution < 1.29 is 4.79 Å². The van der Waals surface area contributed by atoms with Crippen molar-refractivity contribution in [2.75, 3.05) is 13.1 Å². The zero-order chi connectivity index (χ0) is 11.4. The molecular weight excluding hydrogens is 202 g/mol. The number of hydrogen-bond acceptors (Lipinski definition) is 2. The van der Waals surface area contributed by atoms with Crippen LogP contribution in [0, 0.1) is 5.92 Å². The molecule has 88 valence electrons. The fourth-order valence-corrected chi connectivity index (χ4v) is 2.07. The Morgan fingerprint density at radius 1 is 1.69 bits per heavy atom. The van der Waals surface area contributed by atoms with Crippen molar-refractivity contribution >= 4 is 5.91 Å². The maximum absolute atomic E-state index is 11.8. The highest BCUT2D eigenvalue weighted by Gasteiger charge is 2.20. The summed E-state index contributed by atoms with van der Waals surface area (Å²) in [5.74, 6) is 0.327. The van der Waals surface area contributed by atoms with Gasteiger partial charge in [-0.15, -0.1) is 0 Å². The van der Waals surface area contributed by atoms with E-state index in [4.69, 9.17) is 0 Å². The van der Waals surface area contributed by atoms with E-state index < -0.39 is 0 Å². The van der Waals surface area contributed by atoms with Gasteiger partial charge in [-0.25, -0.2) is 0 Å². The van der Waals surface area contributed by atoms with Crippen molar-refractivity contribution in [3.05, 3.63) is 24.0 Å². The van der Waals surface area contributed by atoms with Crippen molar-refractivity contribution in [3.63, 3.8) is 0 Å². The molecule has 1 atom stereocenters. The van der Waals surface area contributed by atoms with Crippen LogP contribution < -0.4 is 10.6 Å². The number of aryl methyl sites for hydroxylation is 1. The average Bonchev–Trinajstić information content (AvgIpc) is 2.73. The Labute approximate surface area is 96.0 Å². The van der Waals surface area contributed by atoms with Crippen LogP contribution in [0.25, 0.3) is 0 Å². The summed E-state index contributed by atoms with van der Waals surface area (Å²) >= 11 is 0. The number of rotatable bonds is 3. The molecule has 2 N–H and O–H groups in total. The van der Waals surface area contributed by atoms with Crippen molar-refractivity contribution in [2.45, 2.75) is 19.4 Å². The zero-order valence-corrected chi connectivity index (χ0v) is 9.70. The highest BCUT2D eigenvalue weighted by atomic mass is 16.1. The minimum atomic E-state index is 0.150. The number of aromatic nitrogens is 1. The monoisotopic (exact) mass is 221 g/mol. The molecule has 1 aliphatic rings. The van der Waals surface area contributed by atoms with Crippen LogP contribution in [0.4, 0.5) is 0 Å². The lowest BCUT2D eigenvalue weighted by Crippen LogP contribution is -2.40. The third kappa shape index (κ3) is 2.85. The normalized spacial score (nSPS) is 20.7. The van der Waals surface area contributed by atoms with Gasteiger partial charge in [-0.05, 0) is 31.0 Å². The van der Waals surface area contributed by atoms with Gasteiger partial charge in [0.05, 0.1) is 5.92 Å². The van der Waals surface area contributed by atoms with E-state index in [9.17, 15) is 4.79 Å². The Kier molecular flexibility index (Phi) is 3.62. The van der Waals surface area contributed by atoms with Crippen LogP contribution in [0.3, 0.4) is 0 Å². The molecule has 0 bridgehead atoms. The number of hydrogen-bond donors (Lipinski definition) is 2. The minimum Gasteiger partial charge on any atom is -0.357 e. The van der Waals surface area contributed by atoms with Gasteiger partial charge >= 0.3 is 0 Å². The predicted octanol–water partition coefficient (Wildman–Crippen LogP) is 0.641. The van der Waals surface area contributed by atoms with E-state index in [0.29, 0.717) is 6.54 Å². The Bertz CT molecular complexity index is 353. The first-order valence-corrected chi connectivity index (χ1v) is 5.85. The van der Waals surface area contributed by atoms with Crippen LogP contribution in [0.5, 0.6) is 0 Å². The van der Waals surface area contributed by atoms with Crippen LogP contribution in [0.1, 0.15) is 18.4 Å². The molecule has 1 fully saturated rings. The van der Waals surface area contributed by atoms with Gasteiger partial charge in [-0.3, -0.25) is 4.79 Å². The number of carbonyl (C=O) groups excluding carboxylic acids is 1. The summed E-state index contributed by atoms with van der Waals surface area (Å²) < 4.78 is 1.99. The van der Waals surface area contributed by atoms with Crippen LogP contribution in [0.2, 0.25) is 0 Å². The van der Waals surface area contributed by atoms with Crippen LogP contribution in [-0.2, 0) is 18.4 Å². The van der Waals surface area contributed by atoms with E-state index in [-0.39, 0.29) is 11.8 Å². The maximum Gasteiger partial charge on any atom is 0.224 e. The number of nitrogens with zero attached hydrogens (tertiary/aromatic N) is 1. The van der Waals surface area contributed by atoms with Gasteiger partial charge in [0.2, 0.25) is 5.91 Å². The smallest absolute Gasteiger partial charge is 0.224 e. The molecule has 16 heavy (non-hydrogen) atoms. The van der Waals surface area contributed by atoms with E-state index in [1.54, 1.807) is 0 Å². The Morgan fingerprint density at radius 2 is 2.56 bits per heavy atom. The topological polar surface area (TPSA) is 46.1 Å². The molecule has 1 amide bonds. The third-order valence-corrected chi connectivity index (χ3v) is 3.03.